The zero-order valence-electron chi connectivity index (χ0n) is 16.8. The molecule has 0 heterocycles. The molecule has 2 N–H and O–H groups in total. The van der Waals surface area contributed by atoms with Crippen LogP contribution in [0.3, 0.4) is 0 Å². The molecule has 0 radical (unpaired) electrons. The van der Waals surface area contributed by atoms with Gasteiger partial charge in [-0.15, -0.1) is 0 Å². The summed E-state index contributed by atoms with van der Waals surface area (Å²) in [6.07, 6.45) is 1.05. The van der Waals surface area contributed by atoms with Crippen LogP contribution < -0.4 is 15.8 Å². The van der Waals surface area contributed by atoms with Crippen molar-refractivity contribution in [3.63, 3.8) is 0 Å². The van der Waals surface area contributed by atoms with E-state index in [2.05, 4.69) is 9.50 Å². The average molecular weight is 471 g/mol. The molecular weight excluding hydrogens is 450 g/mol. The molecule has 30 heavy (non-hydrogen) atoms. The molecule has 0 aliphatic heterocycles. The lowest BCUT2D eigenvalue weighted by Crippen LogP contribution is -2.18. The van der Waals surface area contributed by atoms with Gasteiger partial charge in [0.2, 0.25) is 0 Å². The van der Waals surface area contributed by atoms with Crippen LogP contribution in [0, 0.1) is 6.92 Å². The van der Waals surface area contributed by atoms with E-state index in [4.69, 9.17) is 38.2 Å². The quantitative estimate of drug-likeness (QED) is 0.158. The Labute approximate surface area is 184 Å². The van der Waals surface area contributed by atoms with Crippen LogP contribution in [0.1, 0.15) is 18.1 Å². The number of ether oxygens (including phenoxy) is 2. The minimum atomic E-state index is -4.03. The van der Waals surface area contributed by atoms with Crippen molar-refractivity contribution in [3.05, 3.63) is 69.4 Å². The number of carbonyl (C=O) groups excluding carboxylic acids is 1. The van der Waals surface area contributed by atoms with Gasteiger partial charge in [0.25, 0.3) is 0 Å². The Hall–Kier alpha value is -2.47. The van der Waals surface area contributed by atoms with Gasteiger partial charge in [-0.2, -0.15) is 4.76 Å². The van der Waals surface area contributed by atoms with E-state index in [-0.39, 0.29) is 27.7 Å². The Morgan fingerprint density at radius 1 is 1.17 bits per heavy atom. The zero-order chi connectivity index (χ0) is 22.5. The summed E-state index contributed by atoms with van der Waals surface area (Å²) in [6.45, 7) is 3.21. The summed E-state index contributed by atoms with van der Waals surface area (Å²) < 4.78 is 33.6. The molecule has 160 valence electrons. The number of hydrogen-bond donors (Lipinski definition) is 1. The van der Waals surface area contributed by atoms with Crippen LogP contribution in [0.5, 0.6) is 5.75 Å². The fraction of sp³-hybridized carbons (Fsp3) is 0.200. The van der Waals surface area contributed by atoms with Gasteiger partial charge in [-0.25, -0.2) is 9.36 Å². The minimum Gasteiger partial charge on any atom is -0.496 e. The highest BCUT2D eigenvalue weighted by atomic mass is 35.5. The molecule has 0 aliphatic carbocycles. The number of halogens is 2. The number of aryl methyl sites for hydroxylation is 1. The van der Waals surface area contributed by atoms with Gasteiger partial charge in [0.15, 0.2) is 0 Å². The lowest BCUT2D eigenvalue weighted by molar-refractivity contribution is -0.135. The molecule has 0 amide bonds. The number of methoxy groups -OCH3 is 2. The highest BCUT2D eigenvalue weighted by Gasteiger charge is 2.32. The number of rotatable bonds is 7. The highest BCUT2D eigenvalue weighted by molar-refractivity contribution is 7.66. The summed E-state index contributed by atoms with van der Waals surface area (Å²) in [6, 6.07) is 9.67. The lowest BCUT2D eigenvalue weighted by Gasteiger charge is -2.19. The van der Waals surface area contributed by atoms with Crippen molar-refractivity contribution in [3.8, 4) is 5.75 Å². The van der Waals surface area contributed by atoms with Crippen molar-refractivity contribution in [2.45, 2.75) is 13.8 Å². The van der Waals surface area contributed by atoms with Gasteiger partial charge in [-0.05, 0) is 43.7 Å². The number of hydrogen-bond acceptors (Lipinski definition) is 5. The largest absolute Gasteiger partial charge is 0.496 e. The van der Waals surface area contributed by atoms with Gasteiger partial charge in [0.05, 0.1) is 30.3 Å². The van der Waals surface area contributed by atoms with Gasteiger partial charge in [0.1, 0.15) is 22.6 Å². The molecule has 1 unspecified atom stereocenters. The maximum absolute atomic E-state index is 13.9. The summed E-state index contributed by atoms with van der Waals surface area (Å²) in [7, 11) is -1.39. The van der Waals surface area contributed by atoms with Crippen LogP contribution in [-0.2, 0) is 18.6 Å². The van der Waals surface area contributed by atoms with E-state index in [0.29, 0.717) is 16.1 Å². The number of nitrogens with zero attached hydrogens (tertiary/aromatic N) is 1. The van der Waals surface area contributed by atoms with Crippen LogP contribution in [0.2, 0.25) is 10.0 Å². The molecule has 2 rings (SSSR count). The molecule has 7 nitrogen and oxygen atoms in total. The molecule has 0 aromatic heterocycles. The Morgan fingerprint density at radius 3 is 2.43 bits per heavy atom. The second-order valence-electron chi connectivity index (χ2n) is 6.13. The normalized spacial score (nSPS) is 14.1. The van der Waals surface area contributed by atoms with E-state index < -0.39 is 13.5 Å². The molecule has 0 spiro atoms. The predicted octanol–water partition coefficient (Wildman–Crippen LogP) is 4.63. The molecule has 0 bridgehead atoms. The maximum Gasteiger partial charge on any atom is 0.397 e. The van der Waals surface area contributed by atoms with Crippen LogP contribution in [0.15, 0.2) is 53.0 Å². The number of allylic oxidation sites excluding steroid dienone is 1. The van der Waals surface area contributed by atoms with Crippen LogP contribution >= 0.6 is 30.7 Å². The molecule has 0 saturated carbocycles. The molecule has 2 aromatic rings. The smallest absolute Gasteiger partial charge is 0.397 e. The van der Waals surface area contributed by atoms with Crippen molar-refractivity contribution < 1.29 is 23.4 Å². The van der Waals surface area contributed by atoms with Gasteiger partial charge in [-0.1, -0.05) is 35.3 Å². The SMILES string of the molecule is COC(=O)/C=C(\C)OP(=O)(N=C(N)c1cc(Cl)c(Cl)cc1C)c1ccccc1OC. The third-order valence-electron chi connectivity index (χ3n) is 3.96. The first-order valence-corrected chi connectivity index (χ1v) is 11.0. The standard InChI is InChI=1S/C20H21Cl2N2O5P/c1-12-9-15(21)16(22)11-14(12)20(23)24-30(26,29-13(2)10-19(25)28-4)18-8-6-5-7-17(18)27-3/h5-11H,1-4H3,(H2,23,24,26)/b13-10+. The summed E-state index contributed by atoms with van der Waals surface area (Å²) in [5, 5.41) is 0.794. The molecule has 0 saturated heterocycles. The first-order chi connectivity index (χ1) is 14.1. The number of para-hydroxylation sites is 1. The fourth-order valence-corrected chi connectivity index (χ4v) is 4.73. The van der Waals surface area contributed by atoms with Gasteiger partial charge >= 0.3 is 13.5 Å². The van der Waals surface area contributed by atoms with E-state index in [1.54, 1.807) is 37.3 Å². The predicted molar refractivity (Wildman–Crippen MR) is 119 cm³/mol. The second-order valence-corrected chi connectivity index (χ2v) is 8.85. The number of benzene rings is 2. The van der Waals surface area contributed by atoms with Crippen molar-refractivity contribution >= 4 is 47.8 Å². The molecule has 2 aromatic carbocycles. The van der Waals surface area contributed by atoms with Gasteiger partial charge < -0.3 is 19.7 Å². The van der Waals surface area contributed by atoms with Crippen molar-refractivity contribution in [1.29, 1.82) is 0 Å². The van der Waals surface area contributed by atoms with E-state index in [1.165, 1.54) is 27.2 Å². The van der Waals surface area contributed by atoms with Crippen molar-refractivity contribution in [1.82, 2.24) is 0 Å². The first kappa shape index (κ1) is 23.8. The molecule has 10 heteroatoms. The molecule has 1 atom stereocenters. The third kappa shape index (κ3) is 5.57. The summed E-state index contributed by atoms with van der Waals surface area (Å²) >= 11 is 12.1. The second kappa shape index (κ2) is 10.0. The number of carbonyl (C=O) groups is 1. The van der Waals surface area contributed by atoms with E-state index >= 15 is 0 Å². The van der Waals surface area contributed by atoms with Gasteiger partial charge in [0, 0.05) is 5.56 Å². The third-order valence-corrected chi connectivity index (χ3v) is 6.68. The van der Waals surface area contributed by atoms with Gasteiger partial charge in [-0.3, -0.25) is 0 Å². The number of esters is 1. The maximum atomic E-state index is 13.9. The first-order valence-electron chi connectivity index (χ1n) is 8.62. The summed E-state index contributed by atoms with van der Waals surface area (Å²) in [4.78, 5) is 11.5. The van der Waals surface area contributed by atoms with Crippen molar-refractivity contribution in [2.75, 3.05) is 14.2 Å². The zero-order valence-corrected chi connectivity index (χ0v) is 19.2. The molecule has 0 fully saturated rings. The topological polar surface area (TPSA) is 100 Å². The summed E-state index contributed by atoms with van der Waals surface area (Å²) in [5.74, 6) is -0.435. The van der Waals surface area contributed by atoms with Crippen LogP contribution in [-0.4, -0.2) is 26.0 Å². The Morgan fingerprint density at radius 2 is 1.80 bits per heavy atom. The Bertz CT molecular complexity index is 1070. The molecule has 0 aliphatic rings. The monoisotopic (exact) mass is 470 g/mol. The van der Waals surface area contributed by atoms with Crippen molar-refractivity contribution in [2.24, 2.45) is 10.5 Å². The Balaban J connectivity index is 2.66. The van der Waals surface area contributed by atoms with E-state index in [9.17, 15) is 9.36 Å². The van der Waals surface area contributed by atoms with E-state index in [0.717, 1.165) is 6.08 Å². The highest BCUT2D eigenvalue weighted by Crippen LogP contribution is 2.52. The average Bonchev–Trinajstić information content (AvgIpc) is 2.70. The Kier molecular flexibility index (Phi) is 7.96. The fourth-order valence-electron chi connectivity index (χ4n) is 2.55. The summed E-state index contributed by atoms with van der Waals surface area (Å²) in [5.41, 5.74) is 7.30. The lowest BCUT2D eigenvalue weighted by atomic mass is 10.1. The number of amidine groups is 1. The number of nitrogens with two attached hydrogens (primary N) is 1. The van der Waals surface area contributed by atoms with E-state index in [1.807, 2.05) is 0 Å². The minimum absolute atomic E-state index is 0.0264. The van der Waals surface area contributed by atoms with Crippen LogP contribution in [0.25, 0.3) is 0 Å². The van der Waals surface area contributed by atoms with Crippen LogP contribution in [0.4, 0.5) is 0 Å². The molecular formula is C20H21Cl2N2O5P.